The highest BCUT2D eigenvalue weighted by Crippen LogP contribution is 2.22. The Morgan fingerprint density at radius 2 is 2.05 bits per heavy atom. The van der Waals surface area contributed by atoms with Crippen molar-refractivity contribution in [2.75, 3.05) is 23.9 Å². The van der Waals surface area contributed by atoms with Crippen LogP contribution >= 0.6 is 27.7 Å². The lowest BCUT2D eigenvalue weighted by Crippen LogP contribution is -2.18. The number of nitrogen functional groups attached to an aromatic ring is 1. The Bertz CT molecular complexity index is 576. The van der Waals surface area contributed by atoms with Crippen molar-refractivity contribution in [1.82, 2.24) is 9.97 Å². The Balaban J connectivity index is 2.22. The fraction of sp³-hybridized carbons (Fsp3) is 0.231. The predicted molar refractivity (Wildman–Crippen MR) is 84.5 cm³/mol. The van der Waals surface area contributed by atoms with Crippen molar-refractivity contribution in [3.05, 3.63) is 40.4 Å². The zero-order valence-corrected chi connectivity index (χ0v) is 13.2. The number of rotatable bonds is 4. The maximum atomic E-state index is 5.80. The second kappa shape index (κ2) is 6.25. The van der Waals surface area contributed by atoms with Crippen LogP contribution in [0.15, 0.2) is 40.0 Å². The molecule has 0 saturated carbocycles. The van der Waals surface area contributed by atoms with Gasteiger partial charge < -0.3 is 10.6 Å². The van der Waals surface area contributed by atoms with Gasteiger partial charge in [0.15, 0.2) is 5.16 Å². The lowest BCUT2D eigenvalue weighted by atomic mass is 10.2. The van der Waals surface area contributed by atoms with E-state index in [0.29, 0.717) is 11.0 Å². The highest BCUT2D eigenvalue weighted by atomic mass is 79.9. The molecular formula is C13H15BrN4S. The Morgan fingerprint density at radius 3 is 2.74 bits per heavy atom. The number of nitrogens with zero attached hydrogens (tertiary/aromatic N) is 3. The van der Waals surface area contributed by atoms with E-state index in [1.807, 2.05) is 31.5 Å². The summed E-state index contributed by atoms with van der Waals surface area (Å²) in [7, 11) is 1.99. The third kappa shape index (κ3) is 3.61. The number of aromatic nitrogens is 2. The zero-order chi connectivity index (χ0) is 13.8. The molecule has 2 aromatic rings. The molecule has 0 unspecified atom stereocenters. The van der Waals surface area contributed by atoms with Crippen molar-refractivity contribution in [1.29, 1.82) is 0 Å². The van der Waals surface area contributed by atoms with Crippen LogP contribution in [-0.4, -0.2) is 23.3 Å². The lowest BCUT2D eigenvalue weighted by Gasteiger charge is -2.19. The number of nitrogens with two attached hydrogens (primary N) is 1. The minimum absolute atomic E-state index is 0.494. The largest absolute Gasteiger partial charge is 0.383 e. The third-order valence-corrected chi connectivity index (χ3v) is 3.97. The molecule has 0 fully saturated rings. The second-order valence-electron chi connectivity index (χ2n) is 4.09. The SMILES string of the molecule is CSc1nc(N)cc(N(C)Cc2ccccc2Br)n1. The van der Waals surface area contributed by atoms with E-state index in [9.17, 15) is 0 Å². The van der Waals surface area contributed by atoms with Gasteiger partial charge in [0, 0.05) is 24.1 Å². The van der Waals surface area contributed by atoms with Gasteiger partial charge in [-0.3, -0.25) is 0 Å². The molecule has 0 spiro atoms. The maximum absolute atomic E-state index is 5.80. The summed E-state index contributed by atoms with van der Waals surface area (Å²) in [6, 6.07) is 9.93. The van der Waals surface area contributed by atoms with E-state index in [1.165, 1.54) is 17.3 Å². The van der Waals surface area contributed by atoms with E-state index in [0.717, 1.165) is 16.8 Å². The molecule has 0 aliphatic carbocycles. The monoisotopic (exact) mass is 338 g/mol. The average Bonchev–Trinajstić information content (AvgIpc) is 2.40. The number of hydrogen-bond acceptors (Lipinski definition) is 5. The van der Waals surface area contributed by atoms with Crippen LogP contribution in [0.2, 0.25) is 0 Å². The van der Waals surface area contributed by atoms with Crippen LogP contribution in [0, 0.1) is 0 Å². The van der Waals surface area contributed by atoms with Crippen molar-refractivity contribution in [2.24, 2.45) is 0 Å². The van der Waals surface area contributed by atoms with E-state index in [1.54, 1.807) is 6.07 Å². The average molecular weight is 339 g/mol. The van der Waals surface area contributed by atoms with Crippen molar-refractivity contribution in [3.63, 3.8) is 0 Å². The van der Waals surface area contributed by atoms with E-state index in [-0.39, 0.29) is 0 Å². The fourth-order valence-corrected chi connectivity index (χ4v) is 2.47. The quantitative estimate of drug-likeness (QED) is 0.685. The van der Waals surface area contributed by atoms with Gasteiger partial charge in [-0.25, -0.2) is 9.97 Å². The lowest BCUT2D eigenvalue weighted by molar-refractivity contribution is 0.857. The van der Waals surface area contributed by atoms with E-state index < -0.39 is 0 Å². The molecule has 2 rings (SSSR count). The molecule has 1 aromatic heterocycles. The molecule has 1 heterocycles. The first-order chi connectivity index (χ1) is 9.10. The number of anilines is 2. The molecule has 0 atom stereocenters. The summed E-state index contributed by atoms with van der Waals surface area (Å²) in [5.41, 5.74) is 7.00. The fourth-order valence-electron chi connectivity index (χ4n) is 1.68. The van der Waals surface area contributed by atoms with Gasteiger partial charge in [0.1, 0.15) is 11.6 Å². The van der Waals surface area contributed by atoms with Crippen LogP contribution in [0.4, 0.5) is 11.6 Å². The molecule has 2 N–H and O–H groups in total. The van der Waals surface area contributed by atoms with Gasteiger partial charge in [-0.05, 0) is 17.9 Å². The summed E-state index contributed by atoms with van der Waals surface area (Å²) in [6.45, 7) is 0.756. The molecule has 0 aliphatic rings. The maximum Gasteiger partial charge on any atom is 0.191 e. The van der Waals surface area contributed by atoms with Gasteiger partial charge in [-0.15, -0.1) is 0 Å². The first-order valence-electron chi connectivity index (χ1n) is 5.73. The second-order valence-corrected chi connectivity index (χ2v) is 5.71. The summed E-state index contributed by atoms with van der Waals surface area (Å²) >= 11 is 5.04. The third-order valence-electron chi connectivity index (χ3n) is 2.65. The molecule has 0 amide bonds. The number of thioether (sulfide) groups is 1. The van der Waals surface area contributed by atoms with Gasteiger partial charge >= 0.3 is 0 Å². The van der Waals surface area contributed by atoms with E-state index >= 15 is 0 Å². The first-order valence-corrected chi connectivity index (χ1v) is 7.75. The minimum Gasteiger partial charge on any atom is -0.383 e. The Labute approximate surface area is 125 Å². The molecule has 0 saturated heterocycles. The molecule has 19 heavy (non-hydrogen) atoms. The van der Waals surface area contributed by atoms with Gasteiger partial charge in [0.2, 0.25) is 0 Å². The van der Waals surface area contributed by atoms with E-state index in [4.69, 9.17) is 5.73 Å². The predicted octanol–water partition coefficient (Wildman–Crippen LogP) is 3.18. The summed E-state index contributed by atoms with van der Waals surface area (Å²) < 4.78 is 1.09. The van der Waals surface area contributed by atoms with Crippen LogP contribution in [-0.2, 0) is 6.54 Å². The van der Waals surface area contributed by atoms with Crippen LogP contribution in [0.1, 0.15) is 5.56 Å². The summed E-state index contributed by atoms with van der Waals surface area (Å²) in [6.07, 6.45) is 1.94. The summed E-state index contributed by atoms with van der Waals surface area (Å²) in [5, 5.41) is 0.689. The number of hydrogen-bond donors (Lipinski definition) is 1. The van der Waals surface area contributed by atoms with Crippen molar-refractivity contribution < 1.29 is 0 Å². The normalized spacial score (nSPS) is 10.5. The topological polar surface area (TPSA) is 55.0 Å². The highest BCUT2D eigenvalue weighted by molar-refractivity contribution is 9.10. The Morgan fingerprint density at radius 1 is 1.32 bits per heavy atom. The Kier molecular flexibility index (Phi) is 4.66. The van der Waals surface area contributed by atoms with Crippen molar-refractivity contribution >= 4 is 39.3 Å². The first kappa shape index (κ1) is 14.1. The van der Waals surface area contributed by atoms with Crippen LogP contribution in [0.3, 0.4) is 0 Å². The van der Waals surface area contributed by atoms with Crippen LogP contribution in [0.25, 0.3) is 0 Å². The molecule has 0 bridgehead atoms. The molecule has 4 nitrogen and oxygen atoms in total. The van der Waals surface area contributed by atoms with Crippen LogP contribution < -0.4 is 10.6 Å². The number of benzene rings is 1. The molecule has 100 valence electrons. The summed E-state index contributed by atoms with van der Waals surface area (Å²) in [5.74, 6) is 1.32. The minimum atomic E-state index is 0.494. The van der Waals surface area contributed by atoms with Gasteiger partial charge in [0.05, 0.1) is 0 Å². The molecule has 0 radical (unpaired) electrons. The van der Waals surface area contributed by atoms with Crippen molar-refractivity contribution in [2.45, 2.75) is 11.7 Å². The smallest absolute Gasteiger partial charge is 0.191 e. The highest BCUT2D eigenvalue weighted by Gasteiger charge is 2.09. The van der Waals surface area contributed by atoms with Gasteiger partial charge in [-0.1, -0.05) is 45.9 Å². The summed E-state index contributed by atoms with van der Waals surface area (Å²) in [4.78, 5) is 10.7. The zero-order valence-electron chi connectivity index (χ0n) is 10.8. The van der Waals surface area contributed by atoms with E-state index in [2.05, 4.69) is 36.9 Å². The standard InChI is InChI=1S/C13H15BrN4S/c1-18(8-9-5-3-4-6-10(9)14)12-7-11(15)16-13(17-12)19-2/h3-7H,8H2,1-2H3,(H2,15,16,17). The molecular weight excluding hydrogens is 324 g/mol. The molecule has 1 aromatic carbocycles. The molecule has 6 heteroatoms. The Hall–Kier alpha value is -1.27. The van der Waals surface area contributed by atoms with Gasteiger partial charge in [-0.2, -0.15) is 0 Å². The van der Waals surface area contributed by atoms with Crippen LogP contribution in [0.5, 0.6) is 0 Å². The number of halogens is 1. The molecule has 0 aliphatic heterocycles. The van der Waals surface area contributed by atoms with Crippen molar-refractivity contribution in [3.8, 4) is 0 Å². The van der Waals surface area contributed by atoms with Gasteiger partial charge in [0.25, 0.3) is 0 Å².